The van der Waals surface area contributed by atoms with Crippen molar-refractivity contribution in [1.82, 2.24) is 14.9 Å². The number of benzene rings is 1. The Labute approximate surface area is 193 Å². The van der Waals surface area contributed by atoms with E-state index in [1.165, 1.54) is 28.3 Å². The van der Waals surface area contributed by atoms with Crippen molar-refractivity contribution in [2.24, 2.45) is 0 Å². The van der Waals surface area contributed by atoms with Gasteiger partial charge in [-0.2, -0.15) is 8.42 Å². The number of hydrogen-bond acceptors (Lipinski definition) is 7. The molecule has 0 amide bonds. The van der Waals surface area contributed by atoms with Crippen LogP contribution in [0.25, 0.3) is 0 Å². The van der Waals surface area contributed by atoms with Crippen molar-refractivity contribution in [3.8, 4) is 0 Å². The van der Waals surface area contributed by atoms with Gasteiger partial charge in [0.15, 0.2) is 10.8 Å². The number of halogens is 3. The summed E-state index contributed by atoms with van der Waals surface area (Å²) in [6.45, 7) is 2.41. The minimum atomic E-state index is -4.19. The Morgan fingerprint density at radius 1 is 1.18 bits per heavy atom. The van der Waals surface area contributed by atoms with Gasteiger partial charge in [0.25, 0.3) is 16.4 Å². The maximum Gasteiger partial charge on any atom is 0.280 e. The molecule has 0 bridgehead atoms. The van der Waals surface area contributed by atoms with Crippen LogP contribution in [0.5, 0.6) is 0 Å². The summed E-state index contributed by atoms with van der Waals surface area (Å²) in [6, 6.07) is 5.60. The van der Waals surface area contributed by atoms with Crippen LogP contribution in [-0.2, 0) is 23.1 Å². The van der Waals surface area contributed by atoms with E-state index in [0.29, 0.717) is 12.1 Å². The number of hydrogen-bond donors (Lipinski definition) is 2. The minimum Gasteiger partial charge on any atom is -0.379 e. The molecule has 3 aromatic rings. The highest BCUT2D eigenvalue weighted by Gasteiger charge is 2.23. The van der Waals surface area contributed by atoms with E-state index in [1.54, 1.807) is 6.07 Å². The molecule has 0 radical (unpaired) electrons. The second-order valence-corrected chi connectivity index (χ2v) is 9.95. The predicted molar refractivity (Wildman–Crippen MR) is 120 cm³/mol. The summed E-state index contributed by atoms with van der Waals surface area (Å²) in [5, 5.41) is 3.72. The van der Waals surface area contributed by atoms with Crippen LogP contribution < -0.4 is 10.0 Å². The van der Waals surface area contributed by atoms with E-state index in [-0.39, 0.29) is 18.1 Å². The molecule has 0 saturated carbocycles. The summed E-state index contributed by atoms with van der Waals surface area (Å²) >= 11 is 1.18. The molecule has 1 saturated heterocycles. The first-order valence-corrected chi connectivity index (χ1v) is 12.7. The van der Waals surface area contributed by atoms with Crippen LogP contribution in [0.15, 0.2) is 46.4 Å². The number of sulfonamides is 1. The fourth-order valence-electron chi connectivity index (χ4n) is 3.69. The molecular weight excluding hydrogens is 475 g/mol. The lowest BCUT2D eigenvalue weighted by molar-refractivity contribution is 0.151. The molecule has 1 aliphatic heterocycles. The molecule has 0 unspecified atom stereocenters. The molecule has 0 aliphatic carbocycles. The third-order valence-corrected chi connectivity index (χ3v) is 7.19. The van der Waals surface area contributed by atoms with Crippen molar-refractivity contribution in [2.45, 2.75) is 37.4 Å². The maximum atomic E-state index is 14.6. The highest BCUT2D eigenvalue weighted by Crippen LogP contribution is 2.30. The van der Waals surface area contributed by atoms with Gasteiger partial charge in [0.2, 0.25) is 0 Å². The van der Waals surface area contributed by atoms with Gasteiger partial charge in [0.1, 0.15) is 5.82 Å². The largest absolute Gasteiger partial charge is 0.379 e. The van der Waals surface area contributed by atoms with E-state index in [9.17, 15) is 21.6 Å². The molecule has 1 fully saturated rings. The van der Waals surface area contributed by atoms with Gasteiger partial charge in [-0.05, 0) is 43.6 Å². The van der Waals surface area contributed by atoms with E-state index >= 15 is 0 Å². The zero-order chi connectivity index (χ0) is 23.4. The molecule has 1 aromatic carbocycles. The summed E-state index contributed by atoms with van der Waals surface area (Å²) < 4.78 is 69.3. The second-order valence-electron chi connectivity index (χ2n) is 7.60. The molecule has 2 aromatic heterocycles. The van der Waals surface area contributed by atoms with Gasteiger partial charge in [-0.1, -0.05) is 12.1 Å². The van der Waals surface area contributed by atoms with E-state index in [2.05, 4.69) is 24.9 Å². The molecule has 4 rings (SSSR count). The zero-order valence-corrected chi connectivity index (χ0v) is 19.1. The number of anilines is 2. The van der Waals surface area contributed by atoms with Crippen molar-refractivity contribution < 1.29 is 21.6 Å². The van der Waals surface area contributed by atoms with Crippen LogP contribution in [0.4, 0.5) is 24.7 Å². The van der Waals surface area contributed by atoms with E-state index in [4.69, 9.17) is 0 Å². The Balaban J connectivity index is 1.55. The molecule has 33 heavy (non-hydrogen) atoms. The lowest BCUT2D eigenvalue weighted by Crippen LogP contribution is -2.20. The lowest BCUT2D eigenvalue weighted by atomic mass is 10.1. The third kappa shape index (κ3) is 5.63. The van der Waals surface area contributed by atoms with Gasteiger partial charge >= 0.3 is 0 Å². The van der Waals surface area contributed by atoms with E-state index in [0.717, 1.165) is 43.8 Å². The number of alkyl halides is 2. The van der Waals surface area contributed by atoms with Gasteiger partial charge in [0, 0.05) is 29.6 Å². The van der Waals surface area contributed by atoms with Crippen LogP contribution in [0.3, 0.4) is 0 Å². The van der Waals surface area contributed by atoms with Crippen molar-refractivity contribution in [1.29, 1.82) is 0 Å². The number of pyridine rings is 1. The van der Waals surface area contributed by atoms with Gasteiger partial charge in [0.05, 0.1) is 17.4 Å². The monoisotopic (exact) mass is 497 g/mol. The number of nitrogens with zero attached hydrogens (tertiary/aromatic N) is 3. The third-order valence-electron chi connectivity index (χ3n) is 5.36. The predicted octanol–water partition coefficient (Wildman–Crippen LogP) is 4.62. The van der Waals surface area contributed by atoms with Crippen molar-refractivity contribution in [3.63, 3.8) is 0 Å². The number of nitrogens with one attached hydrogen (secondary N) is 2. The van der Waals surface area contributed by atoms with Crippen LogP contribution in [0.1, 0.15) is 36.0 Å². The highest BCUT2D eigenvalue weighted by atomic mass is 32.2. The average Bonchev–Trinajstić information content (AvgIpc) is 3.47. The quantitative estimate of drug-likeness (QED) is 0.449. The van der Waals surface area contributed by atoms with Crippen LogP contribution in [0.2, 0.25) is 0 Å². The summed E-state index contributed by atoms with van der Waals surface area (Å²) in [7, 11) is -4.19. The molecule has 7 nitrogen and oxygen atoms in total. The SMILES string of the molecule is O=S(=O)(Nc1cscn1)c1cc(C(F)F)c(NCc2c(F)cccc2CN2CCCC2)cn1. The summed E-state index contributed by atoms with van der Waals surface area (Å²) in [5.74, 6) is -0.356. The summed E-state index contributed by atoms with van der Waals surface area (Å²) in [6.07, 6.45) is 0.254. The molecule has 2 N–H and O–H groups in total. The first kappa shape index (κ1) is 23.5. The topological polar surface area (TPSA) is 87.2 Å². The lowest BCUT2D eigenvalue weighted by Gasteiger charge is -2.19. The number of thiazole rings is 1. The average molecular weight is 498 g/mol. The Hall–Kier alpha value is -2.70. The van der Waals surface area contributed by atoms with E-state index < -0.39 is 32.9 Å². The second kappa shape index (κ2) is 10.1. The Kier molecular flexibility index (Phi) is 7.15. The molecule has 0 spiro atoms. The number of rotatable bonds is 9. The fraction of sp³-hybridized carbons (Fsp3) is 0.333. The Bertz CT molecular complexity index is 1200. The molecule has 1 aliphatic rings. The minimum absolute atomic E-state index is 0.0413. The highest BCUT2D eigenvalue weighted by molar-refractivity contribution is 7.92. The van der Waals surface area contributed by atoms with E-state index in [1.807, 2.05) is 6.07 Å². The Morgan fingerprint density at radius 2 is 1.97 bits per heavy atom. The Morgan fingerprint density at radius 3 is 2.67 bits per heavy atom. The normalized spacial score (nSPS) is 14.7. The molecule has 176 valence electrons. The van der Waals surface area contributed by atoms with Crippen LogP contribution >= 0.6 is 11.3 Å². The molecular formula is C21H22F3N5O2S2. The maximum absolute atomic E-state index is 14.6. The smallest absolute Gasteiger partial charge is 0.280 e. The van der Waals surface area contributed by atoms with Crippen molar-refractivity contribution >= 4 is 32.9 Å². The fourth-order valence-corrected chi connectivity index (χ4v) is 5.22. The first-order chi connectivity index (χ1) is 15.8. The van der Waals surface area contributed by atoms with Crippen LogP contribution in [-0.4, -0.2) is 36.4 Å². The van der Waals surface area contributed by atoms with Gasteiger partial charge in [-0.25, -0.2) is 23.1 Å². The summed E-state index contributed by atoms with van der Waals surface area (Å²) in [5.41, 5.74) is 1.99. The molecule has 12 heteroatoms. The summed E-state index contributed by atoms with van der Waals surface area (Å²) in [4.78, 5) is 9.88. The zero-order valence-electron chi connectivity index (χ0n) is 17.5. The molecule has 0 atom stereocenters. The van der Waals surface area contributed by atoms with Crippen molar-refractivity contribution in [2.75, 3.05) is 23.1 Å². The molecule has 3 heterocycles. The number of aromatic nitrogens is 2. The number of likely N-dealkylation sites (tertiary alicyclic amines) is 1. The first-order valence-electron chi connectivity index (χ1n) is 10.2. The van der Waals surface area contributed by atoms with Crippen molar-refractivity contribution in [3.05, 3.63) is 63.9 Å². The standard InChI is InChI=1S/C21H22F3N5O2S2/c22-17-5-3-4-14(11-29-6-1-2-7-29)16(17)9-25-18-10-26-20(8-15(18)21(23)24)33(30,31)28-19-12-32-13-27-19/h3-5,8,10,12-13,21,25,28H,1-2,6-7,9,11H2. The van der Waals surface area contributed by atoms with Crippen LogP contribution in [0, 0.1) is 5.82 Å². The van der Waals surface area contributed by atoms with Gasteiger partial charge in [-0.3, -0.25) is 9.62 Å². The van der Waals surface area contributed by atoms with Gasteiger partial charge < -0.3 is 5.32 Å². The van der Waals surface area contributed by atoms with Gasteiger partial charge in [-0.15, -0.1) is 11.3 Å².